The van der Waals surface area contributed by atoms with Crippen LogP contribution in [-0.2, 0) is 28.2 Å². The van der Waals surface area contributed by atoms with Crippen LogP contribution >= 0.6 is 11.6 Å². The summed E-state index contributed by atoms with van der Waals surface area (Å²) in [6, 6.07) is 8.72. The normalized spacial score (nSPS) is 21.7. The van der Waals surface area contributed by atoms with E-state index in [1.54, 1.807) is 31.2 Å². The third-order valence-electron chi connectivity index (χ3n) is 4.78. The van der Waals surface area contributed by atoms with Gasteiger partial charge in [-0.15, -0.1) is 0 Å². The van der Waals surface area contributed by atoms with Gasteiger partial charge < -0.3 is 14.8 Å². The molecule has 3 amide bonds. The highest BCUT2D eigenvalue weighted by Gasteiger charge is 2.49. The molecular weight excluding hydrogens is 375 g/mol. The predicted octanol–water partition coefficient (Wildman–Crippen LogP) is 3.31. The number of nitrogens with zero attached hydrogens (tertiary/aromatic N) is 1. The number of hydrogen-bond donors (Lipinski definition) is 1. The SMILES string of the molecule is CC1(c2ccc(Cl)cc2)NC(=O)N(Cc2cc(F)cc3c2OCOC3)C1=O. The number of imide groups is 1. The summed E-state index contributed by atoms with van der Waals surface area (Å²) in [5.74, 6) is -0.464. The van der Waals surface area contributed by atoms with Gasteiger partial charge in [0.2, 0.25) is 0 Å². The fraction of sp³-hybridized carbons (Fsp3) is 0.263. The van der Waals surface area contributed by atoms with E-state index in [0.29, 0.717) is 27.5 Å². The lowest BCUT2D eigenvalue weighted by atomic mass is 9.92. The molecule has 8 heteroatoms. The number of fused-ring (bicyclic) bond motifs is 1. The summed E-state index contributed by atoms with van der Waals surface area (Å²) in [7, 11) is 0. The molecule has 4 rings (SSSR count). The molecular formula is C19H16ClFN2O4. The standard InChI is InChI=1S/C19H16ClFN2O4/c1-19(13-2-4-14(20)5-3-13)17(24)23(18(25)22-19)8-11-6-15(21)7-12-9-26-10-27-16(11)12/h2-7H,8-10H2,1H3,(H,22,25). The van der Waals surface area contributed by atoms with Gasteiger partial charge in [0, 0.05) is 16.1 Å². The van der Waals surface area contributed by atoms with Crippen molar-refractivity contribution in [2.75, 3.05) is 6.79 Å². The Morgan fingerprint density at radius 2 is 2.00 bits per heavy atom. The number of rotatable bonds is 3. The number of benzene rings is 2. The van der Waals surface area contributed by atoms with Crippen molar-refractivity contribution >= 4 is 23.5 Å². The maximum atomic E-state index is 14.0. The Balaban J connectivity index is 1.66. The lowest BCUT2D eigenvalue weighted by Gasteiger charge is -2.24. The quantitative estimate of drug-likeness (QED) is 0.816. The average molecular weight is 391 g/mol. The molecule has 0 bridgehead atoms. The molecule has 1 saturated heterocycles. The Hall–Kier alpha value is -2.64. The lowest BCUT2D eigenvalue weighted by Crippen LogP contribution is -2.40. The Bertz CT molecular complexity index is 934. The summed E-state index contributed by atoms with van der Waals surface area (Å²) >= 11 is 5.90. The second kappa shape index (κ2) is 6.51. The Labute approximate surface area is 159 Å². The molecule has 2 aromatic rings. The zero-order valence-electron chi connectivity index (χ0n) is 14.4. The number of halogens is 2. The summed E-state index contributed by atoms with van der Waals surface area (Å²) in [4.78, 5) is 26.6. The molecule has 0 saturated carbocycles. The summed E-state index contributed by atoms with van der Waals surface area (Å²) in [5, 5.41) is 3.25. The number of urea groups is 1. The molecule has 6 nitrogen and oxygen atoms in total. The van der Waals surface area contributed by atoms with E-state index in [-0.39, 0.29) is 19.9 Å². The van der Waals surface area contributed by atoms with Gasteiger partial charge >= 0.3 is 6.03 Å². The van der Waals surface area contributed by atoms with Crippen LogP contribution in [0.1, 0.15) is 23.6 Å². The smallest absolute Gasteiger partial charge is 0.325 e. The minimum absolute atomic E-state index is 0.0360. The second-order valence-electron chi connectivity index (χ2n) is 6.62. The minimum Gasteiger partial charge on any atom is -0.467 e. The van der Waals surface area contributed by atoms with Gasteiger partial charge in [-0.3, -0.25) is 9.69 Å². The van der Waals surface area contributed by atoms with Crippen molar-refractivity contribution in [1.82, 2.24) is 10.2 Å². The summed E-state index contributed by atoms with van der Waals surface area (Å²) in [6.07, 6.45) is 0. The van der Waals surface area contributed by atoms with E-state index >= 15 is 0 Å². The molecule has 2 aliphatic rings. The van der Waals surface area contributed by atoms with Gasteiger partial charge in [0.15, 0.2) is 6.79 Å². The highest BCUT2D eigenvalue weighted by Crippen LogP contribution is 2.34. The van der Waals surface area contributed by atoms with Crippen LogP contribution < -0.4 is 10.1 Å². The van der Waals surface area contributed by atoms with Gasteiger partial charge in [0.1, 0.15) is 17.1 Å². The molecule has 2 heterocycles. The number of amides is 3. The molecule has 1 N–H and O–H groups in total. The third kappa shape index (κ3) is 3.02. The second-order valence-corrected chi connectivity index (χ2v) is 7.05. The van der Waals surface area contributed by atoms with Crippen molar-refractivity contribution in [2.45, 2.75) is 25.6 Å². The predicted molar refractivity (Wildman–Crippen MR) is 94.6 cm³/mol. The average Bonchev–Trinajstić information content (AvgIpc) is 2.86. The van der Waals surface area contributed by atoms with Crippen molar-refractivity contribution in [3.8, 4) is 5.75 Å². The van der Waals surface area contributed by atoms with E-state index in [2.05, 4.69) is 5.32 Å². The van der Waals surface area contributed by atoms with E-state index in [1.807, 2.05) is 0 Å². The summed E-state index contributed by atoms with van der Waals surface area (Å²) in [6.45, 7) is 1.77. The third-order valence-corrected chi connectivity index (χ3v) is 5.03. The highest BCUT2D eigenvalue weighted by molar-refractivity contribution is 6.30. The van der Waals surface area contributed by atoms with Crippen LogP contribution in [0.4, 0.5) is 9.18 Å². The number of hydrogen-bond acceptors (Lipinski definition) is 4. The fourth-order valence-electron chi connectivity index (χ4n) is 3.36. The van der Waals surface area contributed by atoms with E-state index in [0.717, 1.165) is 4.90 Å². The molecule has 27 heavy (non-hydrogen) atoms. The topological polar surface area (TPSA) is 67.9 Å². The maximum Gasteiger partial charge on any atom is 0.325 e. The monoisotopic (exact) mass is 390 g/mol. The zero-order valence-corrected chi connectivity index (χ0v) is 15.2. The van der Waals surface area contributed by atoms with Gasteiger partial charge in [-0.05, 0) is 36.8 Å². The van der Waals surface area contributed by atoms with Crippen LogP contribution in [0.5, 0.6) is 5.75 Å². The van der Waals surface area contributed by atoms with Crippen LogP contribution in [0.15, 0.2) is 36.4 Å². The lowest BCUT2D eigenvalue weighted by molar-refractivity contribution is -0.131. The largest absolute Gasteiger partial charge is 0.467 e. The van der Waals surface area contributed by atoms with E-state index < -0.39 is 23.3 Å². The molecule has 140 valence electrons. The summed E-state index contributed by atoms with van der Waals surface area (Å²) < 4.78 is 24.6. The number of carbonyl (C=O) groups excluding carboxylic acids is 2. The minimum atomic E-state index is -1.22. The maximum absolute atomic E-state index is 14.0. The first-order valence-corrected chi connectivity index (χ1v) is 8.68. The highest BCUT2D eigenvalue weighted by atomic mass is 35.5. The van der Waals surface area contributed by atoms with Crippen LogP contribution in [-0.4, -0.2) is 23.6 Å². The van der Waals surface area contributed by atoms with E-state index in [4.69, 9.17) is 21.1 Å². The van der Waals surface area contributed by atoms with Crippen molar-refractivity contribution in [3.63, 3.8) is 0 Å². The molecule has 0 aromatic heterocycles. The zero-order chi connectivity index (χ0) is 19.2. The van der Waals surface area contributed by atoms with Crippen LogP contribution in [0, 0.1) is 5.82 Å². The van der Waals surface area contributed by atoms with Gasteiger partial charge in [0.25, 0.3) is 5.91 Å². The van der Waals surface area contributed by atoms with Crippen molar-refractivity contribution in [3.05, 3.63) is 63.9 Å². The molecule has 0 aliphatic carbocycles. The van der Waals surface area contributed by atoms with Gasteiger partial charge in [0.05, 0.1) is 13.2 Å². The van der Waals surface area contributed by atoms with Gasteiger partial charge in [-0.1, -0.05) is 23.7 Å². The Morgan fingerprint density at radius 1 is 1.26 bits per heavy atom. The Kier molecular flexibility index (Phi) is 4.28. The molecule has 1 fully saturated rings. The van der Waals surface area contributed by atoms with E-state index in [1.165, 1.54) is 12.1 Å². The Morgan fingerprint density at radius 3 is 2.74 bits per heavy atom. The molecule has 2 aliphatic heterocycles. The molecule has 1 atom stereocenters. The van der Waals surface area contributed by atoms with E-state index in [9.17, 15) is 14.0 Å². The molecule has 1 unspecified atom stereocenters. The first-order chi connectivity index (χ1) is 12.9. The summed E-state index contributed by atoms with van der Waals surface area (Å²) in [5.41, 5.74) is 0.346. The number of carbonyl (C=O) groups is 2. The van der Waals surface area contributed by atoms with Crippen molar-refractivity contribution in [2.24, 2.45) is 0 Å². The van der Waals surface area contributed by atoms with Crippen LogP contribution in [0.25, 0.3) is 0 Å². The van der Waals surface area contributed by atoms with Crippen molar-refractivity contribution < 1.29 is 23.5 Å². The van der Waals surface area contributed by atoms with Crippen molar-refractivity contribution in [1.29, 1.82) is 0 Å². The molecule has 0 radical (unpaired) electrons. The van der Waals surface area contributed by atoms with Gasteiger partial charge in [-0.2, -0.15) is 0 Å². The first-order valence-electron chi connectivity index (χ1n) is 8.30. The first kappa shape index (κ1) is 17.8. The molecule has 0 spiro atoms. The molecule has 2 aromatic carbocycles. The number of ether oxygens (including phenoxy) is 2. The van der Waals surface area contributed by atoms with Crippen LogP contribution in [0.3, 0.4) is 0 Å². The number of nitrogens with one attached hydrogen (secondary N) is 1. The van der Waals surface area contributed by atoms with Crippen LogP contribution in [0.2, 0.25) is 5.02 Å². The fourth-order valence-corrected chi connectivity index (χ4v) is 3.49. The van der Waals surface area contributed by atoms with Gasteiger partial charge in [-0.25, -0.2) is 9.18 Å².